The van der Waals surface area contributed by atoms with Crippen LogP contribution in [-0.2, 0) is 0 Å². The van der Waals surface area contributed by atoms with Crippen LogP contribution in [0.2, 0.25) is 0 Å². The summed E-state index contributed by atoms with van der Waals surface area (Å²) in [6.07, 6.45) is -0.224. The molecule has 0 bridgehead atoms. The second kappa shape index (κ2) is 4.25. The predicted octanol–water partition coefficient (Wildman–Crippen LogP) is 3.18. The maximum Gasteiger partial charge on any atom is 0.0636 e. The van der Waals surface area contributed by atoms with Crippen LogP contribution in [0.25, 0.3) is 0 Å². The molecule has 2 heteroatoms. The zero-order chi connectivity index (χ0) is 10.0. The topological polar surface area (TPSA) is 20.2 Å². The van der Waals surface area contributed by atoms with Crippen molar-refractivity contribution >= 4 is 11.3 Å². The second-order valence-electron chi connectivity index (χ2n) is 3.97. The molecule has 0 aromatic carbocycles. The van der Waals surface area contributed by atoms with E-state index in [2.05, 4.69) is 39.8 Å². The van der Waals surface area contributed by atoms with Crippen molar-refractivity contribution in [3.8, 4) is 0 Å². The van der Waals surface area contributed by atoms with Gasteiger partial charge in [-0.15, -0.1) is 11.3 Å². The Bertz CT molecular complexity index is 265. The zero-order valence-corrected chi connectivity index (χ0v) is 9.56. The molecule has 1 aromatic rings. The van der Waals surface area contributed by atoms with E-state index in [-0.39, 0.29) is 12.0 Å². The summed E-state index contributed by atoms with van der Waals surface area (Å²) in [4.78, 5) is 2.61. The fourth-order valence-electron chi connectivity index (χ4n) is 1.44. The fraction of sp³-hybridized carbons (Fsp3) is 0.636. The number of hydrogen-bond donors (Lipinski definition) is 1. The molecule has 1 rings (SSSR count). The van der Waals surface area contributed by atoms with Crippen LogP contribution in [0.15, 0.2) is 12.1 Å². The van der Waals surface area contributed by atoms with Gasteiger partial charge in [-0.05, 0) is 25.0 Å². The minimum atomic E-state index is -0.224. The Labute approximate surface area is 84.4 Å². The Balaban J connectivity index is 2.73. The first-order chi connectivity index (χ1) is 6.02. The number of hydrogen-bond acceptors (Lipinski definition) is 2. The van der Waals surface area contributed by atoms with E-state index in [9.17, 15) is 5.11 Å². The van der Waals surface area contributed by atoms with Gasteiger partial charge >= 0.3 is 0 Å². The number of aliphatic hydroxyl groups excluding tert-OH is 1. The Hall–Kier alpha value is -0.340. The van der Waals surface area contributed by atoms with E-state index in [1.807, 2.05) is 0 Å². The van der Waals surface area contributed by atoms with Crippen LogP contribution in [0.3, 0.4) is 0 Å². The third-order valence-electron chi connectivity index (χ3n) is 2.41. The molecule has 1 N–H and O–H groups in total. The summed E-state index contributed by atoms with van der Waals surface area (Å²) in [5.41, 5.74) is 0. The average molecular weight is 198 g/mol. The predicted molar refractivity (Wildman–Crippen MR) is 58.3 cm³/mol. The molecule has 0 amide bonds. The second-order valence-corrected chi connectivity index (χ2v) is 5.29. The standard InChI is InChI=1S/C11H18OS/c1-7(2)11(12)9(4)10-6-5-8(3)13-10/h5-7,9,11-12H,1-4H3. The lowest BCUT2D eigenvalue weighted by molar-refractivity contribution is 0.103. The Morgan fingerprint density at radius 3 is 2.23 bits per heavy atom. The van der Waals surface area contributed by atoms with Gasteiger partial charge in [0.25, 0.3) is 0 Å². The Morgan fingerprint density at radius 2 is 1.85 bits per heavy atom. The number of aliphatic hydroxyl groups is 1. The molecule has 13 heavy (non-hydrogen) atoms. The number of rotatable bonds is 3. The number of aryl methyl sites for hydroxylation is 1. The minimum Gasteiger partial charge on any atom is -0.392 e. The minimum absolute atomic E-state index is 0.224. The van der Waals surface area contributed by atoms with Gasteiger partial charge in [0, 0.05) is 15.7 Å². The molecular formula is C11H18OS. The maximum absolute atomic E-state index is 9.86. The highest BCUT2D eigenvalue weighted by atomic mass is 32.1. The molecule has 0 saturated heterocycles. The van der Waals surface area contributed by atoms with Gasteiger partial charge in [0.05, 0.1) is 6.10 Å². The van der Waals surface area contributed by atoms with Crippen LogP contribution in [0.4, 0.5) is 0 Å². The van der Waals surface area contributed by atoms with E-state index in [4.69, 9.17) is 0 Å². The molecule has 1 aromatic heterocycles. The van der Waals surface area contributed by atoms with Gasteiger partial charge in [0.15, 0.2) is 0 Å². The van der Waals surface area contributed by atoms with Crippen LogP contribution < -0.4 is 0 Å². The van der Waals surface area contributed by atoms with E-state index in [1.165, 1.54) is 9.75 Å². The molecule has 0 aliphatic carbocycles. The summed E-state index contributed by atoms with van der Waals surface area (Å²) in [5.74, 6) is 0.594. The highest BCUT2D eigenvalue weighted by molar-refractivity contribution is 7.12. The highest BCUT2D eigenvalue weighted by Gasteiger charge is 2.20. The highest BCUT2D eigenvalue weighted by Crippen LogP contribution is 2.29. The molecular weight excluding hydrogens is 180 g/mol. The van der Waals surface area contributed by atoms with Gasteiger partial charge in [-0.2, -0.15) is 0 Å². The molecule has 0 saturated carbocycles. The van der Waals surface area contributed by atoms with E-state index >= 15 is 0 Å². The SMILES string of the molecule is Cc1ccc(C(C)C(O)C(C)C)s1. The lowest BCUT2D eigenvalue weighted by atomic mass is 9.94. The van der Waals surface area contributed by atoms with Crippen LogP contribution in [0, 0.1) is 12.8 Å². The first-order valence-corrected chi connectivity index (χ1v) is 5.58. The van der Waals surface area contributed by atoms with Gasteiger partial charge in [-0.3, -0.25) is 0 Å². The summed E-state index contributed by atoms with van der Waals surface area (Å²) < 4.78 is 0. The molecule has 1 nitrogen and oxygen atoms in total. The largest absolute Gasteiger partial charge is 0.392 e. The lowest BCUT2D eigenvalue weighted by Gasteiger charge is -2.20. The van der Waals surface area contributed by atoms with Crippen LogP contribution in [0.1, 0.15) is 36.4 Å². The molecule has 74 valence electrons. The van der Waals surface area contributed by atoms with Crippen molar-refractivity contribution in [1.82, 2.24) is 0 Å². The van der Waals surface area contributed by atoms with Gasteiger partial charge < -0.3 is 5.11 Å². The van der Waals surface area contributed by atoms with Crippen LogP contribution in [0.5, 0.6) is 0 Å². The first kappa shape index (κ1) is 10.7. The Morgan fingerprint density at radius 1 is 1.23 bits per heavy atom. The van der Waals surface area contributed by atoms with Gasteiger partial charge in [-0.1, -0.05) is 20.8 Å². The van der Waals surface area contributed by atoms with E-state index in [0.29, 0.717) is 5.92 Å². The smallest absolute Gasteiger partial charge is 0.0636 e. The fourth-order valence-corrected chi connectivity index (χ4v) is 2.41. The monoisotopic (exact) mass is 198 g/mol. The van der Waals surface area contributed by atoms with E-state index in [0.717, 1.165) is 0 Å². The van der Waals surface area contributed by atoms with Crippen LogP contribution in [-0.4, -0.2) is 11.2 Å². The van der Waals surface area contributed by atoms with E-state index in [1.54, 1.807) is 11.3 Å². The van der Waals surface area contributed by atoms with Crippen molar-refractivity contribution in [2.24, 2.45) is 5.92 Å². The van der Waals surface area contributed by atoms with Crippen molar-refractivity contribution in [3.63, 3.8) is 0 Å². The molecule has 0 aliphatic rings. The van der Waals surface area contributed by atoms with Crippen molar-refractivity contribution in [3.05, 3.63) is 21.9 Å². The summed E-state index contributed by atoms with van der Waals surface area (Å²) >= 11 is 1.78. The summed E-state index contributed by atoms with van der Waals surface area (Å²) in [7, 11) is 0. The average Bonchev–Trinajstić information content (AvgIpc) is 2.49. The maximum atomic E-state index is 9.86. The van der Waals surface area contributed by atoms with Crippen molar-refractivity contribution in [2.45, 2.75) is 39.7 Å². The molecule has 2 atom stereocenters. The van der Waals surface area contributed by atoms with Crippen LogP contribution >= 0.6 is 11.3 Å². The van der Waals surface area contributed by atoms with Gasteiger partial charge in [0.2, 0.25) is 0 Å². The molecule has 0 fully saturated rings. The van der Waals surface area contributed by atoms with Crippen molar-refractivity contribution < 1.29 is 5.11 Å². The molecule has 0 aliphatic heterocycles. The van der Waals surface area contributed by atoms with Gasteiger partial charge in [0.1, 0.15) is 0 Å². The van der Waals surface area contributed by atoms with Crippen molar-refractivity contribution in [1.29, 1.82) is 0 Å². The third-order valence-corrected chi connectivity index (χ3v) is 3.61. The van der Waals surface area contributed by atoms with E-state index < -0.39 is 0 Å². The quantitative estimate of drug-likeness (QED) is 0.791. The van der Waals surface area contributed by atoms with Gasteiger partial charge in [-0.25, -0.2) is 0 Å². The summed E-state index contributed by atoms with van der Waals surface area (Å²) in [6, 6.07) is 4.24. The first-order valence-electron chi connectivity index (χ1n) is 4.76. The zero-order valence-electron chi connectivity index (χ0n) is 8.74. The normalized spacial score (nSPS) is 16.2. The molecule has 2 unspecified atom stereocenters. The summed E-state index contributed by atoms with van der Waals surface area (Å²) in [5, 5.41) is 9.86. The molecule has 1 heterocycles. The molecule has 0 spiro atoms. The van der Waals surface area contributed by atoms with Crippen molar-refractivity contribution in [2.75, 3.05) is 0 Å². The molecule has 0 radical (unpaired) electrons. The lowest BCUT2D eigenvalue weighted by Crippen LogP contribution is -2.21. The number of thiophene rings is 1. The summed E-state index contributed by atoms with van der Waals surface area (Å²) in [6.45, 7) is 8.31. The Kier molecular flexibility index (Phi) is 3.51. The third kappa shape index (κ3) is 2.55.